The predicted octanol–water partition coefficient (Wildman–Crippen LogP) is 1.87. The molecule has 0 radical (unpaired) electrons. The van der Waals surface area contributed by atoms with E-state index in [4.69, 9.17) is 18.9 Å². The van der Waals surface area contributed by atoms with Crippen LogP contribution < -0.4 is 0 Å². The predicted molar refractivity (Wildman–Crippen MR) is 116 cm³/mol. The van der Waals surface area contributed by atoms with Gasteiger partial charge in [-0.3, -0.25) is 0 Å². The quantitative estimate of drug-likeness (QED) is 0.274. The van der Waals surface area contributed by atoms with Gasteiger partial charge in [-0.05, 0) is 38.3 Å². The first kappa shape index (κ1) is 25.8. The van der Waals surface area contributed by atoms with E-state index in [1.165, 1.54) is 19.9 Å². The smallest absolute Gasteiger partial charge is 0.337 e. The van der Waals surface area contributed by atoms with Gasteiger partial charge in [0, 0.05) is 16.7 Å². The van der Waals surface area contributed by atoms with Crippen molar-refractivity contribution >= 4 is 23.9 Å². The molecular formula is C24H28O9. The number of aliphatic hydroxyl groups excluding tert-OH is 1. The highest BCUT2D eigenvalue weighted by Gasteiger charge is 2.50. The van der Waals surface area contributed by atoms with Gasteiger partial charge in [-0.2, -0.15) is 0 Å². The van der Waals surface area contributed by atoms with E-state index >= 15 is 0 Å². The summed E-state index contributed by atoms with van der Waals surface area (Å²) in [6.45, 7) is 13.4. The summed E-state index contributed by atoms with van der Waals surface area (Å²) in [6.07, 6.45) is -0.246. The van der Waals surface area contributed by atoms with Gasteiger partial charge >= 0.3 is 23.9 Å². The van der Waals surface area contributed by atoms with Crippen molar-refractivity contribution in [2.45, 2.75) is 45.0 Å². The molecule has 0 aromatic heterocycles. The summed E-state index contributed by atoms with van der Waals surface area (Å²) >= 11 is 0. The molecule has 0 saturated carbocycles. The van der Waals surface area contributed by atoms with Crippen molar-refractivity contribution in [3.63, 3.8) is 0 Å². The maximum atomic E-state index is 12.7. The highest BCUT2D eigenvalue weighted by molar-refractivity contribution is 5.94. The zero-order valence-electron chi connectivity index (χ0n) is 18.9. The van der Waals surface area contributed by atoms with Crippen molar-refractivity contribution in [2.75, 3.05) is 13.7 Å². The molecule has 0 bridgehead atoms. The molecule has 2 aliphatic rings. The van der Waals surface area contributed by atoms with E-state index in [1.807, 2.05) is 0 Å². The highest BCUT2D eigenvalue weighted by atomic mass is 16.6. The minimum atomic E-state index is -1.47. The number of hydrogen-bond donors (Lipinski definition) is 1. The first-order valence-electron chi connectivity index (χ1n) is 10.2. The molecule has 33 heavy (non-hydrogen) atoms. The fourth-order valence-corrected chi connectivity index (χ4v) is 3.49. The van der Waals surface area contributed by atoms with Gasteiger partial charge < -0.3 is 24.1 Å². The van der Waals surface area contributed by atoms with Crippen LogP contribution in [0.4, 0.5) is 0 Å². The fraction of sp³-hybridized carbons (Fsp3) is 0.417. The molecule has 0 aromatic rings. The number of aliphatic hydroxyl groups is 1. The summed E-state index contributed by atoms with van der Waals surface area (Å²) in [5, 5.41) is 9.74. The molecule has 1 fully saturated rings. The third-order valence-electron chi connectivity index (χ3n) is 5.25. The molecule has 1 aliphatic heterocycles. The maximum absolute atomic E-state index is 12.7. The average Bonchev–Trinajstić information content (AvgIpc) is 3.04. The van der Waals surface area contributed by atoms with Crippen LogP contribution in [0.1, 0.15) is 26.7 Å². The van der Waals surface area contributed by atoms with E-state index in [1.54, 1.807) is 6.08 Å². The molecule has 0 aromatic carbocycles. The summed E-state index contributed by atoms with van der Waals surface area (Å²) < 4.78 is 21.5. The van der Waals surface area contributed by atoms with Crippen LogP contribution in [0, 0.1) is 5.92 Å². The molecule has 1 saturated heterocycles. The minimum Gasteiger partial charge on any atom is -0.466 e. The number of ether oxygens (including phenoxy) is 4. The number of esters is 4. The Morgan fingerprint density at radius 1 is 1.15 bits per heavy atom. The van der Waals surface area contributed by atoms with Crippen LogP contribution >= 0.6 is 0 Å². The lowest BCUT2D eigenvalue weighted by Gasteiger charge is -2.33. The van der Waals surface area contributed by atoms with E-state index in [0.717, 1.165) is 7.11 Å². The first-order valence-corrected chi connectivity index (χ1v) is 10.2. The van der Waals surface area contributed by atoms with Gasteiger partial charge in [0.05, 0.1) is 25.2 Å². The van der Waals surface area contributed by atoms with Crippen molar-refractivity contribution < 1.29 is 43.2 Å². The average molecular weight is 460 g/mol. The number of allylic oxidation sites excluding steroid dienone is 1. The Hall–Kier alpha value is -3.46. The third-order valence-corrected chi connectivity index (χ3v) is 5.25. The van der Waals surface area contributed by atoms with Crippen LogP contribution in [0.2, 0.25) is 0 Å². The molecule has 9 nitrogen and oxygen atoms in total. The van der Waals surface area contributed by atoms with Crippen LogP contribution in [-0.4, -0.2) is 61.0 Å². The fourth-order valence-electron chi connectivity index (χ4n) is 3.49. The topological polar surface area (TPSA) is 125 Å². The van der Waals surface area contributed by atoms with Gasteiger partial charge in [0.25, 0.3) is 0 Å². The van der Waals surface area contributed by atoms with Crippen LogP contribution in [0.3, 0.4) is 0 Å². The van der Waals surface area contributed by atoms with Crippen molar-refractivity contribution in [1.82, 2.24) is 0 Å². The summed E-state index contributed by atoms with van der Waals surface area (Å²) in [5.74, 6) is -4.29. The Labute approximate surface area is 192 Å². The Morgan fingerprint density at radius 2 is 1.76 bits per heavy atom. The summed E-state index contributed by atoms with van der Waals surface area (Å²) in [5.41, 5.74) is 0.471. The lowest BCUT2D eigenvalue weighted by atomic mass is 9.83. The second-order valence-electron chi connectivity index (χ2n) is 7.85. The molecule has 4 atom stereocenters. The normalized spacial score (nSPS) is 25.0. The number of hydrogen-bond acceptors (Lipinski definition) is 9. The zero-order chi connectivity index (χ0) is 24.9. The number of carbonyl (C=O) groups is 4. The molecular weight excluding hydrogens is 432 g/mol. The molecule has 0 spiro atoms. The minimum absolute atomic E-state index is 0.0397. The summed E-state index contributed by atoms with van der Waals surface area (Å²) in [7, 11) is 1.15. The summed E-state index contributed by atoms with van der Waals surface area (Å²) in [6, 6.07) is 0. The SMILES string of the molecule is C=C(C)C(=O)OC1C(C(=O)OC)=CCCC(CO)=CC2OC(=O)C(=C)C2C1OC(=O)C(=C)C. The molecule has 2 rings (SSSR count). The standard InChI is InChI=1S/C24H28O9/c1-12(2)21(26)32-19-16(24(29)30-6)9-7-8-15(11-25)10-17-18(14(5)23(28)31-17)20(19)33-22(27)13(3)4/h9-10,17-20,25H,1,3,5,7-8,11H2,2,4,6H3. The van der Waals surface area contributed by atoms with E-state index in [-0.39, 0.29) is 35.3 Å². The van der Waals surface area contributed by atoms with Gasteiger partial charge in [0.1, 0.15) is 6.10 Å². The van der Waals surface area contributed by atoms with Crippen molar-refractivity contribution in [3.8, 4) is 0 Å². The molecule has 178 valence electrons. The lowest BCUT2D eigenvalue weighted by Crippen LogP contribution is -2.46. The zero-order valence-corrected chi connectivity index (χ0v) is 18.9. The molecule has 1 N–H and O–H groups in total. The van der Waals surface area contributed by atoms with Crippen LogP contribution in [0.25, 0.3) is 0 Å². The van der Waals surface area contributed by atoms with Gasteiger partial charge in [0.2, 0.25) is 0 Å². The van der Waals surface area contributed by atoms with Crippen molar-refractivity contribution in [2.24, 2.45) is 5.92 Å². The molecule has 1 aliphatic carbocycles. The summed E-state index contributed by atoms with van der Waals surface area (Å²) in [4.78, 5) is 50.1. The maximum Gasteiger partial charge on any atom is 0.337 e. The van der Waals surface area contributed by atoms with Crippen molar-refractivity contribution in [3.05, 3.63) is 59.8 Å². The monoisotopic (exact) mass is 460 g/mol. The van der Waals surface area contributed by atoms with Crippen LogP contribution in [0.5, 0.6) is 0 Å². The number of carbonyl (C=O) groups excluding carboxylic acids is 4. The largest absolute Gasteiger partial charge is 0.466 e. The number of rotatable bonds is 6. The Bertz CT molecular complexity index is 953. The van der Waals surface area contributed by atoms with Gasteiger partial charge in [-0.1, -0.05) is 25.8 Å². The van der Waals surface area contributed by atoms with Crippen LogP contribution in [-0.2, 0) is 38.1 Å². The van der Waals surface area contributed by atoms with Crippen molar-refractivity contribution in [1.29, 1.82) is 0 Å². The van der Waals surface area contributed by atoms with E-state index in [0.29, 0.717) is 12.0 Å². The second kappa shape index (κ2) is 10.9. The molecule has 9 heteroatoms. The van der Waals surface area contributed by atoms with E-state index < -0.39 is 48.1 Å². The second-order valence-corrected chi connectivity index (χ2v) is 7.85. The van der Waals surface area contributed by atoms with Gasteiger partial charge in [0.15, 0.2) is 12.2 Å². The Balaban J connectivity index is 2.75. The molecule has 0 amide bonds. The number of methoxy groups -OCH3 is 1. The lowest BCUT2D eigenvalue weighted by molar-refractivity contribution is -0.166. The Kier molecular flexibility index (Phi) is 8.53. The van der Waals surface area contributed by atoms with Crippen LogP contribution in [0.15, 0.2) is 59.8 Å². The third kappa shape index (κ3) is 5.87. The molecule has 1 heterocycles. The highest BCUT2D eigenvalue weighted by Crippen LogP contribution is 2.38. The first-order chi connectivity index (χ1) is 15.5. The van der Waals surface area contributed by atoms with E-state index in [9.17, 15) is 24.3 Å². The Morgan fingerprint density at radius 3 is 2.30 bits per heavy atom. The molecule has 4 unspecified atom stereocenters. The van der Waals surface area contributed by atoms with Gasteiger partial charge in [-0.15, -0.1) is 0 Å². The van der Waals surface area contributed by atoms with E-state index in [2.05, 4.69) is 19.7 Å². The van der Waals surface area contributed by atoms with Gasteiger partial charge in [-0.25, -0.2) is 19.2 Å². The number of fused-ring (bicyclic) bond motifs is 1.